The topological polar surface area (TPSA) is 262 Å². The number of carbonyl (C=O) groups excluding carboxylic acids is 3. The Morgan fingerprint density at radius 2 is 1.75 bits per heavy atom. The number of halogens is 1. The van der Waals surface area contributed by atoms with Crippen LogP contribution in [0, 0.1) is 18.2 Å². The Labute approximate surface area is 419 Å². The number of aromatic amines is 1. The Hall–Kier alpha value is -7.27. The third-order valence-electron chi connectivity index (χ3n) is 12.2. The lowest BCUT2D eigenvalue weighted by molar-refractivity contribution is -0.144. The SMILES string of the molecule is CCS(=O)(=O)Nc1ccc(-c2n[nH]c3c(-c4cnn(CCOCC(=O)N[C@H](C(=O)N5C[C@H](O)C[C@H]5C(=O)NCc5ccc(-c6scnc6C)cc5)C(C)(C)C)c4)cnc(N)c23)cc1OCc1ccc(F)cc1. The number of aromatic nitrogens is 6. The molecule has 72 heavy (non-hydrogen) atoms. The molecule has 7 aromatic rings. The lowest BCUT2D eigenvalue weighted by atomic mass is 9.85. The summed E-state index contributed by atoms with van der Waals surface area (Å²) in [7, 11) is -3.67. The molecule has 0 spiro atoms. The molecule has 19 nitrogen and oxygen atoms in total. The number of anilines is 2. The number of aryl methyl sites for hydroxylation is 1. The van der Waals surface area contributed by atoms with Crippen molar-refractivity contribution >= 4 is 61.5 Å². The number of amides is 3. The first kappa shape index (κ1) is 51.1. The van der Waals surface area contributed by atoms with E-state index >= 15 is 0 Å². The molecule has 0 unspecified atom stereocenters. The van der Waals surface area contributed by atoms with Crippen LogP contribution in [-0.4, -0.2) is 110 Å². The second-order valence-electron chi connectivity index (χ2n) is 18.5. The van der Waals surface area contributed by atoms with Crippen LogP contribution >= 0.6 is 11.3 Å². The fourth-order valence-electron chi connectivity index (χ4n) is 8.26. The van der Waals surface area contributed by atoms with Gasteiger partial charge in [-0.15, -0.1) is 11.3 Å². The summed E-state index contributed by atoms with van der Waals surface area (Å²) in [5, 5.41) is 29.0. The van der Waals surface area contributed by atoms with Gasteiger partial charge in [0, 0.05) is 48.6 Å². The molecule has 22 heteroatoms. The van der Waals surface area contributed by atoms with E-state index in [1.165, 1.54) is 24.0 Å². The molecule has 3 amide bonds. The quantitative estimate of drug-likeness (QED) is 0.0524. The van der Waals surface area contributed by atoms with Crippen LogP contribution in [0.15, 0.2) is 90.8 Å². The fraction of sp³-hybridized carbons (Fsp3) is 0.340. The van der Waals surface area contributed by atoms with E-state index < -0.39 is 57.2 Å². The molecule has 3 aromatic carbocycles. The summed E-state index contributed by atoms with van der Waals surface area (Å²) in [6.45, 7) is 9.11. The van der Waals surface area contributed by atoms with Crippen LogP contribution in [0.5, 0.6) is 5.75 Å². The highest BCUT2D eigenvalue weighted by atomic mass is 32.2. The van der Waals surface area contributed by atoms with E-state index in [0.29, 0.717) is 38.9 Å². The van der Waals surface area contributed by atoms with Crippen molar-refractivity contribution in [3.05, 3.63) is 113 Å². The molecule has 4 aromatic heterocycles. The van der Waals surface area contributed by atoms with Crippen LogP contribution in [0.2, 0.25) is 0 Å². The summed E-state index contributed by atoms with van der Waals surface area (Å²) in [6.07, 6.45) is 4.16. The van der Waals surface area contributed by atoms with Crippen LogP contribution in [0.1, 0.15) is 50.9 Å². The van der Waals surface area contributed by atoms with Crippen LogP contribution in [0.3, 0.4) is 0 Å². The van der Waals surface area contributed by atoms with Crippen LogP contribution < -0.4 is 25.8 Å². The van der Waals surface area contributed by atoms with Crippen LogP contribution in [0.25, 0.3) is 43.7 Å². The van der Waals surface area contributed by atoms with Crippen molar-refractivity contribution in [1.82, 2.24) is 45.5 Å². The van der Waals surface area contributed by atoms with E-state index in [2.05, 4.69) is 40.6 Å². The van der Waals surface area contributed by atoms with Gasteiger partial charge in [0.05, 0.1) is 63.9 Å². The zero-order chi connectivity index (χ0) is 51.3. The Morgan fingerprint density at radius 3 is 2.46 bits per heavy atom. The first-order valence-corrected chi connectivity index (χ1v) is 25.7. The van der Waals surface area contributed by atoms with Gasteiger partial charge in [0.1, 0.15) is 48.4 Å². The number of hydrogen-bond acceptors (Lipinski definition) is 14. The monoisotopic (exact) mass is 1020 g/mol. The fourth-order valence-corrected chi connectivity index (χ4v) is 9.72. The third kappa shape index (κ3) is 11.9. The van der Waals surface area contributed by atoms with Gasteiger partial charge in [-0.1, -0.05) is 63.2 Å². The number of rotatable bonds is 19. The maximum atomic E-state index is 14.1. The number of ether oxygens (including phenoxy) is 2. The highest BCUT2D eigenvalue weighted by Gasteiger charge is 2.44. The summed E-state index contributed by atoms with van der Waals surface area (Å²) in [5.41, 5.74) is 14.1. The third-order valence-corrected chi connectivity index (χ3v) is 14.5. The number of benzene rings is 3. The number of aliphatic hydroxyl groups is 1. The Balaban J connectivity index is 0.876. The Bertz CT molecular complexity index is 3190. The Morgan fingerprint density at radius 1 is 1.01 bits per heavy atom. The zero-order valence-electron chi connectivity index (χ0n) is 40.3. The molecular formula is C50H56FN11O8S2. The standard InChI is InChI=1S/C50H56FN11O8S2/c1-6-72(67,68)60-38-16-13-33(19-40(38)70-26-31-9-14-35(51)15-10-31)43-42-44(59-58-43)37(23-53-47(42)52)34-22-56-61(24-34)17-18-69-27-41(64)57-46(50(3,4)5)49(66)62-25-36(63)20-39(62)48(65)54-21-30-7-11-32(12-8-30)45-29(2)55-28-71-45/h7-16,19,22-24,28,36,39,46,60,63H,6,17-18,20-21,25-27H2,1-5H3,(H2,52,53)(H,54,65)(H,57,64)(H,58,59)/t36-,39+,46-/m1/s1. The van der Waals surface area contributed by atoms with Gasteiger partial charge in [0.2, 0.25) is 27.7 Å². The van der Waals surface area contributed by atoms with E-state index in [4.69, 9.17) is 15.2 Å². The summed E-state index contributed by atoms with van der Waals surface area (Å²) in [6, 6.07) is 16.5. The molecule has 7 N–H and O–H groups in total. The van der Waals surface area contributed by atoms with Crippen molar-refractivity contribution in [1.29, 1.82) is 0 Å². The molecule has 8 rings (SSSR count). The number of H-pyrrole nitrogens is 1. The van der Waals surface area contributed by atoms with Gasteiger partial charge in [-0.05, 0) is 60.2 Å². The first-order valence-electron chi connectivity index (χ1n) is 23.2. The number of aliphatic hydroxyl groups excluding tert-OH is 1. The van der Waals surface area contributed by atoms with E-state index in [0.717, 1.165) is 21.7 Å². The van der Waals surface area contributed by atoms with E-state index in [9.17, 15) is 32.3 Å². The molecule has 1 saturated heterocycles. The highest BCUT2D eigenvalue weighted by Crippen LogP contribution is 2.39. The second-order valence-corrected chi connectivity index (χ2v) is 21.4. The lowest BCUT2D eigenvalue weighted by Gasteiger charge is -2.35. The average molecular weight is 1020 g/mol. The van der Waals surface area contributed by atoms with Gasteiger partial charge in [-0.3, -0.25) is 28.9 Å². The van der Waals surface area contributed by atoms with Gasteiger partial charge in [0.25, 0.3) is 0 Å². The van der Waals surface area contributed by atoms with Crippen molar-refractivity contribution in [2.24, 2.45) is 5.41 Å². The summed E-state index contributed by atoms with van der Waals surface area (Å²) in [4.78, 5) is 52.1. The molecule has 0 saturated carbocycles. The normalized spacial score (nSPS) is 15.4. The van der Waals surface area contributed by atoms with E-state index in [-0.39, 0.29) is 68.9 Å². The minimum atomic E-state index is -3.67. The molecule has 378 valence electrons. The van der Waals surface area contributed by atoms with Crippen molar-refractivity contribution in [3.8, 4) is 38.6 Å². The van der Waals surface area contributed by atoms with Gasteiger partial charge in [0.15, 0.2) is 0 Å². The second kappa shape index (κ2) is 21.6. The molecule has 0 radical (unpaired) electrons. The summed E-state index contributed by atoms with van der Waals surface area (Å²) in [5.74, 6) is -1.56. The molecule has 1 aliphatic heterocycles. The minimum absolute atomic E-state index is 0.0301. The zero-order valence-corrected chi connectivity index (χ0v) is 41.9. The van der Waals surface area contributed by atoms with Crippen molar-refractivity contribution in [3.63, 3.8) is 0 Å². The largest absolute Gasteiger partial charge is 0.487 e. The number of nitrogen functional groups attached to an aromatic ring is 1. The van der Waals surface area contributed by atoms with Crippen molar-refractivity contribution in [2.75, 3.05) is 36.0 Å². The smallest absolute Gasteiger partial charge is 0.246 e. The number of hydrogen-bond donors (Lipinski definition) is 6. The van der Waals surface area contributed by atoms with Crippen LogP contribution in [0.4, 0.5) is 15.9 Å². The lowest BCUT2D eigenvalue weighted by Crippen LogP contribution is -2.58. The maximum absolute atomic E-state index is 14.1. The molecule has 0 aliphatic carbocycles. The minimum Gasteiger partial charge on any atom is -0.487 e. The highest BCUT2D eigenvalue weighted by molar-refractivity contribution is 7.92. The van der Waals surface area contributed by atoms with E-state index in [1.807, 2.05) is 52.0 Å². The number of sulfonamides is 1. The van der Waals surface area contributed by atoms with Gasteiger partial charge in [-0.2, -0.15) is 10.2 Å². The summed E-state index contributed by atoms with van der Waals surface area (Å²) >= 11 is 1.56. The number of likely N-dealkylation sites (tertiary alicyclic amines) is 1. The number of β-amino-alcohol motifs (C(OH)–C–C–N with tert-alkyl or cyclic N) is 1. The van der Waals surface area contributed by atoms with E-state index in [1.54, 1.807) is 70.5 Å². The van der Waals surface area contributed by atoms with Gasteiger partial charge < -0.3 is 35.8 Å². The van der Waals surface area contributed by atoms with Crippen molar-refractivity contribution in [2.45, 2.75) is 78.9 Å². The molecule has 0 bridgehead atoms. The molecule has 1 aliphatic rings. The predicted molar refractivity (Wildman–Crippen MR) is 271 cm³/mol. The molecule has 3 atom stereocenters. The maximum Gasteiger partial charge on any atom is 0.246 e. The average Bonchev–Trinajstić information content (AvgIpc) is 4.19. The summed E-state index contributed by atoms with van der Waals surface area (Å²) < 4.78 is 54.7. The first-order chi connectivity index (χ1) is 34.4. The van der Waals surface area contributed by atoms with Crippen LogP contribution in [-0.2, 0) is 48.8 Å². The number of nitrogens with two attached hydrogens (primary N) is 1. The number of pyridine rings is 1. The number of nitrogens with one attached hydrogen (secondary N) is 4. The number of thiazole rings is 1. The Kier molecular flexibility index (Phi) is 15.3. The van der Waals surface area contributed by atoms with Gasteiger partial charge >= 0.3 is 0 Å². The van der Waals surface area contributed by atoms with Gasteiger partial charge in [-0.25, -0.2) is 22.8 Å². The molecule has 5 heterocycles. The molecular weight excluding hydrogens is 966 g/mol. The number of carbonyl (C=O) groups is 3. The van der Waals surface area contributed by atoms with Crippen molar-refractivity contribution < 1.29 is 41.8 Å². The molecule has 1 fully saturated rings. The number of fused-ring (bicyclic) bond motifs is 1. The predicted octanol–water partition coefficient (Wildman–Crippen LogP) is 5.81. The number of nitrogens with zero attached hydrogens (tertiary/aromatic N) is 6.